The number of aromatic nitrogens is 2. The van der Waals surface area contributed by atoms with E-state index >= 15 is 0 Å². The zero-order valence-electron chi connectivity index (χ0n) is 10.7. The second-order valence-electron chi connectivity index (χ2n) is 4.61. The number of anilines is 1. The Morgan fingerprint density at radius 3 is 2.89 bits per heavy atom. The average Bonchev–Trinajstić information content (AvgIpc) is 2.95. The first kappa shape index (κ1) is 12.6. The van der Waals surface area contributed by atoms with Gasteiger partial charge in [-0.15, -0.1) is 22.7 Å². The molecule has 0 spiro atoms. The lowest BCUT2D eigenvalue weighted by Crippen LogP contribution is -1.90. The molecule has 0 aliphatic rings. The van der Waals surface area contributed by atoms with E-state index in [0.717, 1.165) is 30.5 Å². The SMILES string of the molecule is Cc1ccc2nc(CCCc3csc(N)n3)sc2c1. The Hall–Kier alpha value is -1.46. The van der Waals surface area contributed by atoms with Crippen LogP contribution in [0.25, 0.3) is 10.2 Å². The lowest BCUT2D eigenvalue weighted by Gasteiger charge is -1.94. The van der Waals surface area contributed by atoms with Crippen molar-refractivity contribution in [2.45, 2.75) is 26.2 Å². The van der Waals surface area contributed by atoms with Crippen LogP contribution in [0.15, 0.2) is 23.6 Å². The molecule has 0 fully saturated rings. The molecular weight excluding hydrogens is 274 g/mol. The number of nitrogen functional groups attached to an aromatic ring is 1. The molecule has 3 nitrogen and oxygen atoms in total. The Labute approximate surface area is 120 Å². The number of nitrogens with two attached hydrogens (primary N) is 1. The zero-order valence-corrected chi connectivity index (χ0v) is 12.4. The average molecular weight is 289 g/mol. The van der Waals surface area contributed by atoms with Crippen molar-refractivity contribution >= 4 is 38.0 Å². The number of fused-ring (bicyclic) bond motifs is 1. The van der Waals surface area contributed by atoms with Gasteiger partial charge in [-0.25, -0.2) is 9.97 Å². The second-order valence-corrected chi connectivity index (χ2v) is 6.61. The normalized spacial score (nSPS) is 11.2. The highest BCUT2D eigenvalue weighted by Crippen LogP contribution is 2.24. The van der Waals surface area contributed by atoms with Crippen LogP contribution in [-0.2, 0) is 12.8 Å². The van der Waals surface area contributed by atoms with Gasteiger partial charge in [0.25, 0.3) is 0 Å². The predicted molar refractivity (Wildman–Crippen MR) is 82.9 cm³/mol. The van der Waals surface area contributed by atoms with Crippen molar-refractivity contribution in [1.29, 1.82) is 0 Å². The monoisotopic (exact) mass is 289 g/mol. The molecule has 19 heavy (non-hydrogen) atoms. The predicted octanol–water partition coefficient (Wildman–Crippen LogP) is 3.82. The Morgan fingerprint density at radius 2 is 2.11 bits per heavy atom. The third-order valence-electron chi connectivity index (χ3n) is 2.98. The first-order chi connectivity index (χ1) is 9.20. The standard InChI is InChI=1S/C14H15N3S2/c1-9-5-6-11-12(7-9)19-13(17-11)4-2-3-10-8-18-14(15)16-10/h5-8H,2-4H2,1H3,(H2,15,16). The number of hydrogen-bond donors (Lipinski definition) is 1. The van der Waals surface area contributed by atoms with Crippen LogP contribution in [0.3, 0.4) is 0 Å². The van der Waals surface area contributed by atoms with Gasteiger partial charge in [-0.3, -0.25) is 0 Å². The summed E-state index contributed by atoms with van der Waals surface area (Å²) in [6.07, 6.45) is 3.06. The molecule has 3 aromatic rings. The van der Waals surface area contributed by atoms with Gasteiger partial charge in [0.1, 0.15) is 0 Å². The van der Waals surface area contributed by atoms with E-state index in [1.807, 2.05) is 5.38 Å². The summed E-state index contributed by atoms with van der Waals surface area (Å²) < 4.78 is 1.29. The van der Waals surface area contributed by atoms with Crippen molar-refractivity contribution in [3.63, 3.8) is 0 Å². The number of aryl methyl sites for hydroxylation is 3. The highest BCUT2D eigenvalue weighted by molar-refractivity contribution is 7.18. The molecule has 0 atom stereocenters. The molecule has 0 unspecified atom stereocenters. The van der Waals surface area contributed by atoms with E-state index in [9.17, 15) is 0 Å². The molecule has 0 aliphatic heterocycles. The minimum atomic E-state index is 0.658. The van der Waals surface area contributed by atoms with Crippen LogP contribution in [0, 0.1) is 6.92 Å². The summed E-state index contributed by atoms with van der Waals surface area (Å²) in [7, 11) is 0. The molecule has 98 valence electrons. The fraction of sp³-hybridized carbons (Fsp3) is 0.286. The van der Waals surface area contributed by atoms with Crippen LogP contribution in [0.2, 0.25) is 0 Å². The quantitative estimate of drug-likeness (QED) is 0.794. The van der Waals surface area contributed by atoms with Gasteiger partial charge in [0.05, 0.1) is 20.9 Å². The molecule has 2 aromatic heterocycles. The molecule has 3 rings (SSSR count). The molecule has 0 radical (unpaired) electrons. The number of rotatable bonds is 4. The summed E-state index contributed by atoms with van der Waals surface area (Å²) in [6.45, 7) is 2.12. The highest BCUT2D eigenvalue weighted by atomic mass is 32.1. The van der Waals surface area contributed by atoms with Crippen LogP contribution in [0.5, 0.6) is 0 Å². The van der Waals surface area contributed by atoms with Crippen molar-refractivity contribution in [2.75, 3.05) is 5.73 Å². The molecule has 0 amide bonds. The van der Waals surface area contributed by atoms with Gasteiger partial charge in [-0.2, -0.15) is 0 Å². The maximum Gasteiger partial charge on any atom is 0.180 e. The number of benzene rings is 1. The van der Waals surface area contributed by atoms with Gasteiger partial charge in [0, 0.05) is 5.38 Å². The summed E-state index contributed by atoms with van der Waals surface area (Å²) in [5.41, 5.74) is 9.13. The molecular formula is C14H15N3S2. The van der Waals surface area contributed by atoms with E-state index in [1.54, 1.807) is 11.3 Å². The van der Waals surface area contributed by atoms with Gasteiger partial charge in [-0.1, -0.05) is 6.07 Å². The van der Waals surface area contributed by atoms with Crippen LogP contribution in [-0.4, -0.2) is 9.97 Å². The van der Waals surface area contributed by atoms with Crippen molar-refractivity contribution < 1.29 is 0 Å². The minimum absolute atomic E-state index is 0.658. The van der Waals surface area contributed by atoms with E-state index < -0.39 is 0 Å². The van der Waals surface area contributed by atoms with Gasteiger partial charge in [0.15, 0.2) is 5.13 Å². The van der Waals surface area contributed by atoms with Crippen LogP contribution < -0.4 is 5.73 Å². The summed E-state index contributed by atoms with van der Waals surface area (Å²) in [4.78, 5) is 8.94. The van der Waals surface area contributed by atoms with Crippen LogP contribution in [0.4, 0.5) is 5.13 Å². The van der Waals surface area contributed by atoms with Crippen LogP contribution >= 0.6 is 22.7 Å². The largest absolute Gasteiger partial charge is 0.375 e. The first-order valence-electron chi connectivity index (χ1n) is 6.26. The van der Waals surface area contributed by atoms with Crippen molar-refractivity contribution in [1.82, 2.24) is 9.97 Å². The van der Waals surface area contributed by atoms with E-state index in [1.165, 1.54) is 26.6 Å². The lowest BCUT2D eigenvalue weighted by molar-refractivity contribution is 0.801. The lowest BCUT2D eigenvalue weighted by atomic mass is 10.2. The summed E-state index contributed by atoms with van der Waals surface area (Å²) in [6, 6.07) is 6.42. The van der Waals surface area contributed by atoms with E-state index in [2.05, 4.69) is 35.1 Å². The Bertz CT molecular complexity index is 700. The number of thiazole rings is 2. The Morgan fingerprint density at radius 1 is 1.21 bits per heavy atom. The zero-order chi connectivity index (χ0) is 13.2. The summed E-state index contributed by atoms with van der Waals surface area (Å²) in [5, 5.41) is 3.91. The van der Waals surface area contributed by atoms with Crippen molar-refractivity contribution in [3.05, 3.63) is 39.8 Å². The Kier molecular flexibility index (Phi) is 3.48. The molecule has 0 bridgehead atoms. The van der Waals surface area contributed by atoms with E-state index in [0.29, 0.717) is 5.13 Å². The molecule has 2 N–H and O–H groups in total. The van der Waals surface area contributed by atoms with Crippen LogP contribution in [0.1, 0.15) is 22.7 Å². The number of hydrogen-bond acceptors (Lipinski definition) is 5. The van der Waals surface area contributed by atoms with E-state index in [4.69, 9.17) is 5.73 Å². The molecule has 0 aliphatic carbocycles. The summed E-state index contributed by atoms with van der Waals surface area (Å²) >= 11 is 3.31. The molecule has 0 saturated carbocycles. The molecule has 2 heterocycles. The van der Waals surface area contributed by atoms with Crippen molar-refractivity contribution in [3.8, 4) is 0 Å². The third-order valence-corrected chi connectivity index (χ3v) is 4.78. The maximum absolute atomic E-state index is 5.62. The highest BCUT2D eigenvalue weighted by Gasteiger charge is 2.05. The van der Waals surface area contributed by atoms with Gasteiger partial charge in [-0.05, 0) is 43.9 Å². The third kappa shape index (κ3) is 2.93. The van der Waals surface area contributed by atoms with Gasteiger partial charge < -0.3 is 5.73 Å². The van der Waals surface area contributed by atoms with Crippen molar-refractivity contribution in [2.24, 2.45) is 0 Å². The molecule has 5 heteroatoms. The number of nitrogens with zero attached hydrogens (tertiary/aromatic N) is 2. The Balaban J connectivity index is 1.65. The second kappa shape index (κ2) is 5.27. The minimum Gasteiger partial charge on any atom is -0.375 e. The van der Waals surface area contributed by atoms with Gasteiger partial charge >= 0.3 is 0 Å². The molecule has 0 saturated heterocycles. The fourth-order valence-electron chi connectivity index (χ4n) is 2.04. The topological polar surface area (TPSA) is 51.8 Å². The van der Waals surface area contributed by atoms with Gasteiger partial charge in [0.2, 0.25) is 0 Å². The van der Waals surface area contributed by atoms with E-state index in [-0.39, 0.29) is 0 Å². The first-order valence-corrected chi connectivity index (χ1v) is 7.96. The maximum atomic E-state index is 5.62. The molecule has 1 aromatic carbocycles. The smallest absolute Gasteiger partial charge is 0.180 e. The fourth-order valence-corrected chi connectivity index (χ4v) is 3.75. The summed E-state index contributed by atoms with van der Waals surface area (Å²) in [5.74, 6) is 0.